The van der Waals surface area contributed by atoms with Gasteiger partial charge in [-0.05, 0) is 31.2 Å². The van der Waals surface area contributed by atoms with Gasteiger partial charge in [-0.1, -0.05) is 36.4 Å². The zero-order valence-electron chi connectivity index (χ0n) is 11.8. The van der Waals surface area contributed by atoms with Gasteiger partial charge in [0.25, 0.3) is 0 Å². The largest absolute Gasteiger partial charge is 0.506 e. The lowest BCUT2D eigenvalue weighted by Gasteiger charge is -2.06. The molecule has 2 unspecified atom stereocenters. The Bertz CT molecular complexity index is 801. The van der Waals surface area contributed by atoms with Crippen molar-refractivity contribution in [1.29, 1.82) is 0 Å². The Kier molecular flexibility index (Phi) is 2.61. The zero-order chi connectivity index (χ0) is 14.4. The highest BCUT2D eigenvalue weighted by atomic mass is 16.3. The number of hydrogen-bond acceptors (Lipinski definition) is 3. The third-order valence-corrected chi connectivity index (χ3v) is 4.18. The summed E-state index contributed by atoms with van der Waals surface area (Å²) in [6.45, 7) is 2.20. The summed E-state index contributed by atoms with van der Waals surface area (Å²) in [4.78, 5) is 7.01. The second-order valence-corrected chi connectivity index (χ2v) is 5.51. The highest BCUT2D eigenvalue weighted by Gasteiger charge is 2.46. The number of aromatic nitrogens is 1. The van der Waals surface area contributed by atoms with Crippen molar-refractivity contribution in [2.75, 3.05) is 4.90 Å². The van der Waals surface area contributed by atoms with Gasteiger partial charge in [0.15, 0.2) is 0 Å². The Morgan fingerprint density at radius 2 is 1.76 bits per heavy atom. The number of nitrogens with zero attached hydrogens (tertiary/aromatic N) is 2. The van der Waals surface area contributed by atoms with Crippen LogP contribution in [0.1, 0.15) is 18.7 Å². The van der Waals surface area contributed by atoms with Crippen molar-refractivity contribution in [3.63, 3.8) is 0 Å². The van der Waals surface area contributed by atoms with E-state index in [0.717, 1.165) is 11.1 Å². The Balaban J connectivity index is 1.73. The van der Waals surface area contributed by atoms with E-state index in [9.17, 15) is 5.11 Å². The molecule has 0 radical (unpaired) electrons. The average Bonchev–Trinajstić information content (AvgIpc) is 3.19. The van der Waals surface area contributed by atoms with E-state index in [1.165, 1.54) is 5.69 Å². The summed E-state index contributed by atoms with van der Waals surface area (Å²) in [7, 11) is 0. The first kappa shape index (κ1) is 12.2. The van der Waals surface area contributed by atoms with Crippen LogP contribution >= 0.6 is 0 Å². The smallest absolute Gasteiger partial charge is 0.141 e. The van der Waals surface area contributed by atoms with E-state index in [4.69, 9.17) is 0 Å². The van der Waals surface area contributed by atoms with E-state index < -0.39 is 0 Å². The molecule has 0 bridgehead atoms. The van der Waals surface area contributed by atoms with Gasteiger partial charge in [-0.25, -0.2) is 4.98 Å². The van der Waals surface area contributed by atoms with Crippen molar-refractivity contribution < 1.29 is 5.11 Å². The SMILES string of the molecule is CC1C(c2ccc3cccc(O)c3n2)N1c1ccccc1. The fraction of sp³-hybridized carbons (Fsp3) is 0.167. The molecule has 0 aliphatic carbocycles. The van der Waals surface area contributed by atoms with Crippen molar-refractivity contribution in [1.82, 2.24) is 4.98 Å². The Hall–Kier alpha value is -2.55. The van der Waals surface area contributed by atoms with Crippen molar-refractivity contribution in [3.8, 4) is 5.75 Å². The van der Waals surface area contributed by atoms with Gasteiger partial charge in [0.1, 0.15) is 11.3 Å². The first-order chi connectivity index (χ1) is 10.3. The minimum atomic E-state index is 0.244. The third kappa shape index (κ3) is 1.93. The predicted molar refractivity (Wildman–Crippen MR) is 84.5 cm³/mol. The van der Waals surface area contributed by atoms with Crippen LogP contribution < -0.4 is 4.90 Å². The average molecular weight is 276 g/mol. The van der Waals surface area contributed by atoms with E-state index in [1.54, 1.807) is 6.07 Å². The first-order valence-electron chi connectivity index (χ1n) is 7.18. The summed E-state index contributed by atoms with van der Waals surface area (Å²) >= 11 is 0. The van der Waals surface area contributed by atoms with E-state index in [2.05, 4.69) is 47.1 Å². The second kappa shape index (κ2) is 4.48. The lowest BCUT2D eigenvalue weighted by Crippen LogP contribution is -1.97. The molecule has 1 aliphatic heterocycles. The molecule has 1 aliphatic rings. The first-order valence-corrected chi connectivity index (χ1v) is 7.18. The van der Waals surface area contributed by atoms with Gasteiger partial charge in [0.05, 0.1) is 17.8 Å². The van der Waals surface area contributed by atoms with Crippen LogP contribution in [0, 0.1) is 0 Å². The zero-order valence-corrected chi connectivity index (χ0v) is 11.8. The van der Waals surface area contributed by atoms with Crippen LogP contribution in [0.2, 0.25) is 0 Å². The van der Waals surface area contributed by atoms with Gasteiger partial charge in [-0.15, -0.1) is 0 Å². The molecule has 2 aromatic carbocycles. The molecule has 1 saturated heterocycles. The van der Waals surface area contributed by atoms with Gasteiger partial charge < -0.3 is 10.0 Å². The topological polar surface area (TPSA) is 36.1 Å². The molecule has 2 atom stereocenters. The Morgan fingerprint density at radius 1 is 0.952 bits per heavy atom. The minimum Gasteiger partial charge on any atom is -0.506 e. The molecule has 3 heteroatoms. The van der Waals surface area contributed by atoms with Crippen molar-refractivity contribution in [2.45, 2.75) is 19.0 Å². The molecule has 21 heavy (non-hydrogen) atoms. The summed E-state index contributed by atoms with van der Waals surface area (Å²) in [6, 6.07) is 20.7. The highest BCUT2D eigenvalue weighted by Crippen LogP contribution is 2.46. The molecule has 1 N–H and O–H groups in total. The van der Waals surface area contributed by atoms with Crippen molar-refractivity contribution in [3.05, 3.63) is 66.4 Å². The number of rotatable bonds is 2. The number of pyridine rings is 1. The van der Waals surface area contributed by atoms with Crippen molar-refractivity contribution in [2.24, 2.45) is 0 Å². The molecule has 4 rings (SSSR count). The van der Waals surface area contributed by atoms with Crippen LogP contribution in [0.5, 0.6) is 5.75 Å². The second-order valence-electron chi connectivity index (χ2n) is 5.51. The van der Waals surface area contributed by atoms with Crippen LogP contribution in [0.15, 0.2) is 60.7 Å². The molecule has 3 nitrogen and oxygen atoms in total. The number of para-hydroxylation sites is 2. The van der Waals surface area contributed by atoms with Gasteiger partial charge in [0.2, 0.25) is 0 Å². The molecule has 0 spiro atoms. The summed E-state index contributed by atoms with van der Waals surface area (Å²) in [5, 5.41) is 10.9. The molecule has 1 aromatic heterocycles. The van der Waals surface area contributed by atoms with Crippen LogP contribution in [0.25, 0.3) is 10.9 Å². The molecule has 3 aromatic rings. The highest BCUT2D eigenvalue weighted by molar-refractivity contribution is 5.84. The van der Waals surface area contributed by atoms with Gasteiger partial charge in [0, 0.05) is 11.1 Å². The number of benzene rings is 2. The molecular formula is C18H16N2O. The Morgan fingerprint density at radius 3 is 2.57 bits per heavy atom. The lowest BCUT2D eigenvalue weighted by molar-refractivity contribution is 0.480. The summed E-state index contributed by atoms with van der Waals surface area (Å²) in [6.07, 6.45) is 0. The van der Waals surface area contributed by atoms with E-state index in [1.807, 2.05) is 24.3 Å². The normalized spacial score (nSPS) is 20.7. The molecule has 1 fully saturated rings. The summed E-state index contributed by atoms with van der Waals surface area (Å²) in [5.74, 6) is 0.244. The number of phenolic OH excluding ortho intramolecular Hbond substituents is 1. The number of anilines is 1. The van der Waals surface area contributed by atoms with Gasteiger partial charge >= 0.3 is 0 Å². The number of hydrogen-bond donors (Lipinski definition) is 1. The lowest BCUT2D eigenvalue weighted by atomic mass is 10.1. The number of phenols is 1. The molecule has 104 valence electrons. The third-order valence-electron chi connectivity index (χ3n) is 4.18. The Labute approximate surface area is 123 Å². The van der Waals surface area contributed by atoms with Crippen molar-refractivity contribution >= 4 is 16.6 Å². The summed E-state index contributed by atoms with van der Waals surface area (Å²) < 4.78 is 0. The molecular weight excluding hydrogens is 260 g/mol. The molecule has 0 amide bonds. The monoisotopic (exact) mass is 276 g/mol. The van der Waals surface area contributed by atoms with Crippen LogP contribution in [0.3, 0.4) is 0 Å². The fourth-order valence-corrected chi connectivity index (χ4v) is 3.05. The van der Waals surface area contributed by atoms with Gasteiger partial charge in [-0.2, -0.15) is 0 Å². The van der Waals surface area contributed by atoms with Crippen LogP contribution in [-0.2, 0) is 0 Å². The maximum absolute atomic E-state index is 9.97. The number of fused-ring (bicyclic) bond motifs is 1. The van der Waals surface area contributed by atoms with Gasteiger partial charge in [-0.3, -0.25) is 0 Å². The predicted octanol–water partition coefficient (Wildman–Crippen LogP) is 3.89. The summed E-state index contributed by atoms with van der Waals surface area (Å²) in [5.41, 5.74) is 2.91. The van der Waals surface area contributed by atoms with Crippen LogP contribution in [0.4, 0.5) is 5.69 Å². The standard InChI is InChI=1S/C18H16N2O/c1-12-18(20(12)14-7-3-2-4-8-14)15-11-10-13-6-5-9-16(21)17(13)19-15/h2-12,18,21H,1H3. The maximum atomic E-state index is 9.97. The minimum absolute atomic E-state index is 0.244. The van der Waals surface area contributed by atoms with E-state index in [-0.39, 0.29) is 11.8 Å². The quantitative estimate of drug-likeness (QED) is 0.721. The molecule has 2 heterocycles. The molecule has 0 saturated carbocycles. The maximum Gasteiger partial charge on any atom is 0.141 e. The number of aromatic hydroxyl groups is 1. The van der Waals surface area contributed by atoms with E-state index in [0.29, 0.717) is 11.6 Å². The fourth-order valence-electron chi connectivity index (χ4n) is 3.05. The van der Waals surface area contributed by atoms with Crippen LogP contribution in [-0.4, -0.2) is 16.1 Å². The van der Waals surface area contributed by atoms with E-state index >= 15 is 0 Å².